The summed E-state index contributed by atoms with van der Waals surface area (Å²) in [7, 11) is 0. The van der Waals surface area contributed by atoms with E-state index >= 15 is 0 Å². The zero-order valence-corrected chi connectivity index (χ0v) is 8.95. The fourth-order valence-electron chi connectivity index (χ4n) is 2.31. The minimum Gasteiger partial charge on any atom is -0.127 e. The Morgan fingerprint density at radius 1 is 1.08 bits per heavy atom. The van der Waals surface area contributed by atoms with E-state index in [0.717, 1.165) is 17.7 Å². The molecule has 1 aliphatic rings. The summed E-state index contributed by atoms with van der Waals surface area (Å²) in [6.07, 6.45) is 9.87. The molecule has 0 heterocycles. The molecule has 1 aliphatic carbocycles. The molecule has 0 aliphatic heterocycles. The van der Waals surface area contributed by atoms with Crippen LogP contribution in [0.1, 0.15) is 51.9 Å². The Kier molecular flexibility index (Phi) is 5.06. The maximum atomic E-state index is 5.76. The average molecular weight is 189 g/mol. The quantitative estimate of drug-likeness (QED) is 0.460. The van der Waals surface area contributed by atoms with Gasteiger partial charge >= 0.3 is 0 Å². The number of rotatable bonds is 3. The topological polar surface area (TPSA) is 0 Å². The van der Waals surface area contributed by atoms with Crippen LogP contribution in [0.4, 0.5) is 0 Å². The Labute approximate surface area is 81.7 Å². The van der Waals surface area contributed by atoms with E-state index in [4.69, 9.17) is 11.6 Å². The van der Waals surface area contributed by atoms with E-state index in [0.29, 0.717) is 0 Å². The highest BCUT2D eigenvalue weighted by molar-refractivity contribution is 6.17. The van der Waals surface area contributed by atoms with Crippen LogP contribution in [-0.2, 0) is 0 Å². The second-order valence-electron chi connectivity index (χ2n) is 4.13. The van der Waals surface area contributed by atoms with E-state index in [9.17, 15) is 0 Å². The molecule has 2 atom stereocenters. The Morgan fingerprint density at radius 3 is 2.42 bits per heavy atom. The highest BCUT2D eigenvalue weighted by Gasteiger charge is 2.16. The highest BCUT2D eigenvalue weighted by Crippen LogP contribution is 2.30. The van der Waals surface area contributed by atoms with Gasteiger partial charge in [-0.2, -0.15) is 0 Å². The third-order valence-corrected chi connectivity index (χ3v) is 3.52. The zero-order valence-electron chi connectivity index (χ0n) is 8.19. The highest BCUT2D eigenvalue weighted by atomic mass is 35.5. The van der Waals surface area contributed by atoms with E-state index in [1.54, 1.807) is 0 Å². The SMILES string of the molecule is CCC1CCC[C@@H](CCCl)CC1. The van der Waals surface area contributed by atoms with Gasteiger partial charge in [0.05, 0.1) is 0 Å². The van der Waals surface area contributed by atoms with E-state index in [1.807, 2.05) is 0 Å². The van der Waals surface area contributed by atoms with Crippen molar-refractivity contribution in [1.82, 2.24) is 0 Å². The van der Waals surface area contributed by atoms with Crippen molar-refractivity contribution in [3.05, 3.63) is 0 Å². The van der Waals surface area contributed by atoms with Crippen molar-refractivity contribution in [2.45, 2.75) is 51.9 Å². The molecule has 0 aromatic carbocycles. The molecule has 0 aromatic heterocycles. The van der Waals surface area contributed by atoms with Gasteiger partial charge in [0.15, 0.2) is 0 Å². The van der Waals surface area contributed by atoms with Crippen molar-refractivity contribution in [2.24, 2.45) is 11.8 Å². The molecule has 1 heteroatoms. The molecule has 72 valence electrons. The first-order valence-corrected chi connectivity index (χ1v) is 5.96. The van der Waals surface area contributed by atoms with Crippen molar-refractivity contribution in [3.8, 4) is 0 Å². The number of halogens is 1. The predicted molar refractivity (Wildman–Crippen MR) is 55.7 cm³/mol. The fraction of sp³-hybridized carbons (Fsp3) is 1.00. The van der Waals surface area contributed by atoms with Crippen molar-refractivity contribution in [1.29, 1.82) is 0 Å². The van der Waals surface area contributed by atoms with E-state index in [2.05, 4.69) is 6.92 Å². The van der Waals surface area contributed by atoms with Gasteiger partial charge in [0.1, 0.15) is 0 Å². The summed E-state index contributed by atoms with van der Waals surface area (Å²) in [6.45, 7) is 2.33. The first-order chi connectivity index (χ1) is 5.86. The third kappa shape index (κ3) is 3.35. The van der Waals surface area contributed by atoms with Crippen LogP contribution in [0.15, 0.2) is 0 Å². The van der Waals surface area contributed by atoms with Crippen LogP contribution in [-0.4, -0.2) is 5.88 Å². The van der Waals surface area contributed by atoms with Crippen LogP contribution in [0.3, 0.4) is 0 Å². The molecular formula is C11H21Cl. The molecule has 1 fully saturated rings. The smallest absolute Gasteiger partial charge is 0.0226 e. The van der Waals surface area contributed by atoms with Crippen LogP contribution in [0.2, 0.25) is 0 Å². The van der Waals surface area contributed by atoms with Gasteiger partial charge in [-0.3, -0.25) is 0 Å². The third-order valence-electron chi connectivity index (χ3n) is 3.30. The Hall–Kier alpha value is 0.290. The van der Waals surface area contributed by atoms with E-state index in [1.165, 1.54) is 44.9 Å². The largest absolute Gasteiger partial charge is 0.127 e. The summed E-state index contributed by atoms with van der Waals surface area (Å²) in [4.78, 5) is 0. The lowest BCUT2D eigenvalue weighted by Gasteiger charge is -2.12. The molecule has 0 saturated heterocycles. The maximum absolute atomic E-state index is 5.76. The number of hydrogen-bond donors (Lipinski definition) is 0. The molecule has 1 unspecified atom stereocenters. The van der Waals surface area contributed by atoms with Gasteiger partial charge in [0.25, 0.3) is 0 Å². The summed E-state index contributed by atoms with van der Waals surface area (Å²) in [5, 5.41) is 0. The molecule has 1 saturated carbocycles. The molecule has 1 rings (SSSR count). The van der Waals surface area contributed by atoms with Crippen LogP contribution < -0.4 is 0 Å². The van der Waals surface area contributed by atoms with Crippen molar-refractivity contribution in [3.63, 3.8) is 0 Å². The van der Waals surface area contributed by atoms with Gasteiger partial charge in [0.2, 0.25) is 0 Å². The molecule has 0 spiro atoms. The van der Waals surface area contributed by atoms with Gasteiger partial charge in [-0.15, -0.1) is 11.6 Å². The van der Waals surface area contributed by atoms with Gasteiger partial charge in [0, 0.05) is 5.88 Å². The van der Waals surface area contributed by atoms with Gasteiger partial charge < -0.3 is 0 Å². The van der Waals surface area contributed by atoms with Crippen molar-refractivity contribution >= 4 is 11.6 Å². The average Bonchev–Trinajstić information content (AvgIpc) is 2.31. The lowest BCUT2D eigenvalue weighted by atomic mass is 9.95. The molecule has 0 aromatic rings. The van der Waals surface area contributed by atoms with E-state index < -0.39 is 0 Å². The maximum Gasteiger partial charge on any atom is 0.0226 e. The van der Waals surface area contributed by atoms with Crippen LogP contribution in [0.5, 0.6) is 0 Å². The van der Waals surface area contributed by atoms with Crippen molar-refractivity contribution in [2.75, 3.05) is 5.88 Å². The van der Waals surface area contributed by atoms with Crippen LogP contribution >= 0.6 is 11.6 Å². The second kappa shape index (κ2) is 5.85. The molecule has 0 nitrogen and oxygen atoms in total. The molecule has 0 radical (unpaired) electrons. The van der Waals surface area contributed by atoms with Gasteiger partial charge in [-0.05, 0) is 18.3 Å². The Bertz CT molecular complexity index is 112. The molecule has 0 N–H and O–H groups in total. The van der Waals surface area contributed by atoms with Gasteiger partial charge in [-0.1, -0.05) is 45.4 Å². The second-order valence-corrected chi connectivity index (χ2v) is 4.50. The summed E-state index contributed by atoms with van der Waals surface area (Å²) in [5.41, 5.74) is 0. The van der Waals surface area contributed by atoms with Gasteiger partial charge in [-0.25, -0.2) is 0 Å². The standard InChI is InChI=1S/C11H21Cl/c1-2-10-4-3-5-11(7-6-10)8-9-12/h10-11H,2-9H2,1H3/t10?,11-/m1/s1. The van der Waals surface area contributed by atoms with Crippen LogP contribution in [0, 0.1) is 11.8 Å². The fourth-order valence-corrected chi connectivity index (χ4v) is 2.62. The van der Waals surface area contributed by atoms with Crippen molar-refractivity contribution < 1.29 is 0 Å². The monoisotopic (exact) mass is 188 g/mol. The lowest BCUT2D eigenvalue weighted by Crippen LogP contribution is -2.00. The summed E-state index contributed by atoms with van der Waals surface area (Å²) < 4.78 is 0. The van der Waals surface area contributed by atoms with E-state index in [-0.39, 0.29) is 0 Å². The molecule has 0 amide bonds. The first-order valence-electron chi connectivity index (χ1n) is 5.42. The number of hydrogen-bond acceptors (Lipinski definition) is 0. The summed E-state index contributed by atoms with van der Waals surface area (Å²) in [5.74, 6) is 2.82. The normalized spacial score (nSPS) is 31.5. The molecule has 0 bridgehead atoms. The summed E-state index contributed by atoms with van der Waals surface area (Å²) in [6, 6.07) is 0. The minimum absolute atomic E-state index is 0.863. The predicted octanol–water partition coefficient (Wildman–Crippen LogP) is 4.22. The minimum atomic E-state index is 0.863. The molecule has 12 heavy (non-hydrogen) atoms. The Balaban J connectivity index is 2.24. The first kappa shape index (κ1) is 10.4. The number of alkyl halides is 1. The lowest BCUT2D eigenvalue weighted by molar-refractivity contribution is 0.417. The molecular weight excluding hydrogens is 168 g/mol. The van der Waals surface area contributed by atoms with Crippen LogP contribution in [0.25, 0.3) is 0 Å². The summed E-state index contributed by atoms with van der Waals surface area (Å²) >= 11 is 5.76. The zero-order chi connectivity index (χ0) is 8.81. The Morgan fingerprint density at radius 2 is 1.75 bits per heavy atom.